The largest absolute Gasteiger partial charge is 0.451 e. The van der Waals surface area contributed by atoms with Gasteiger partial charge in [-0.1, -0.05) is 36.4 Å². The lowest BCUT2D eigenvalue weighted by molar-refractivity contribution is 0.542. The van der Waals surface area contributed by atoms with E-state index in [1.165, 1.54) is 0 Å². The van der Waals surface area contributed by atoms with Crippen LogP contribution in [0.1, 0.15) is 0 Å². The lowest BCUT2D eigenvalue weighted by Gasteiger charge is -1.91. The van der Waals surface area contributed by atoms with Gasteiger partial charge in [-0.3, -0.25) is 0 Å². The highest BCUT2D eigenvalue weighted by Gasteiger charge is 2.14. The Morgan fingerprint density at radius 1 is 0.700 bits per heavy atom. The molecule has 0 atom stereocenters. The summed E-state index contributed by atoms with van der Waals surface area (Å²) in [5, 5.41) is 9.12. The predicted molar refractivity (Wildman–Crippen MR) is 74.9 cm³/mol. The van der Waals surface area contributed by atoms with E-state index in [1.807, 2.05) is 60.7 Å². The summed E-state index contributed by atoms with van der Waals surface area (Å²) in [6, 6.07) is 19.3. The van der Waals surface area contributed by atoms with Gasteiger partial charge in [0.25, 0.3) is 5.89 Å². The molecule has 0 N–H and O–H groups in total. The van der Waals surface area contributed by atoms with Crippen LogP contribution >= 0.6 is 0 Å². The SMILES string of the molecule is c1ccc(-c2nnc(-c3cc4ccccc4o3)o2)cc1. The third-order valence-electron chi connectivity index (χ3n) is 3.08. The second-order valence-electron chi connectivity index (χ2n) is 4.43. The fraction of sp³-hybridized carbons (Fsp3) is 0. The van der Waals surface area contributed by atoms with Crippen LogP contribution in [0.4, 0.5) is 0 Å². The molecule has 96 valence electrons. The number of hydrogen-bond acceptors (Lipinski definition) is 4. The number of aromatic nitrogens is 2. The van der Waals surface area contributed by atoms with E-state index < -0.39 is 0 Å². The minimum Gasteiger partial charge on any atom is -0.451 e. The molecule has 4 aromatic rings. The first-order valence-corrected chi connectivity index (χ1v) is 6.28. The van der Waals surface area contributed by atoms with Gasteiger partial charge in [0.15, 0.2) is 5.76 Å². The van der Waals surface area contributed by atoms with Crippen LogP contribution in [0.2, 0.25) is 0 Å². The molecular formula is C16H10N2O2. The van der Waals surface area contributed by atoms with Crippen molar-refractivity contribution in [2.75, 3.05) is 0 Å². The number of furan rings is 1. The first kappa shape index (κ1) is 11.0. The standard InChI is InChI=1S/C16H10N2O2/c1-2-6-11(7-3-1)15-17-18-16(20-15)14-10-12-8-4-5-9-13(12)19-14/h1-10H. The Morgan fingerprint density at radius 2 is 1.45 bits per heavy atom. The van der Waals surface area contributed by atoms with Gasteiger partial charge < -0.3 is 8.83 Å². The van der Waals surface area contributed by atoms with Crippen molar-refractivity contribution in [1.29, 1.82) is 0 Å². The lowest BCUT2D eigenvalue weighted by Crippen LogP contribution is -1.75. The number of fused-ring (bicyclic) bond motifs is 1. The molecule has 4 rings (SSSR count). The Balaban J connectivity index is 1.78. The van der Waals surface area contributed by atoms with Crippen LogP contribution in [-0.2, 0) is 0 Å². The van der Waals surface area contributed by atoms with Crippen molar-refractivity contribution >= 4 is 11.0 Å². The van der Waals surface area contributed by atoms with Gasteiger partial charge in [-0.25, -0.2) is 0 Å². The maximum absolute atomic E-state index is 5.71. The fourth-order valence-electron chi connectivity index (χ4n) is 2.11. The van der Waals surface area contributed by atoms with Crippen LogP contribution in [0.25, 0.3) is 34.1 Å². The molecule has 2 aromatic carbocycles. The van der Waals surface area contributed by atoms with Crippen molar-refractivity contribution in [3.8, 4) is 23.1 Å². The molecule has 20 heavy (non-hydrogen) atoms. The summed E-state index contributed by atoms with van der Waals surface area (Å²) in [6.45, 7) is 0. The summed E-state index contributed by atoms with van der Waals surface area (Å²) in [5.74, 6) is 1.46. The fourth-order valence-corrected chi connectivity index (χ4v) is 2.11. The monoisotopic (exact) mass is 262 g/mol. The number of benzene rings is 2. The summed E-state index contributed by atoms with van der Waals surface area (Å²) in [4.78, 5) is 0. The molecular weight excluding hydrogens is 252 g/mol. The van der Waals surface area contributed by atoms with Gasteiger partial charge in [-0.2, -0.15) is 0 Å². The Hall–Kier alpha value is -2.88. The molecule has 0 saturated heterocycles. The van der Waals surface area contributed by atoms with Gasteiger partial charge in [0, 0.05) is 10.9 Å². The minimum absolute atomic E-state index is 0.389. The number of hydrogen-bond donors (Lipinski definition) is 0. The van der Waals surface area contributed by atoms with E-state index in [2.05, 4.69) is 10.2 Å². The molecule has 0 fully saturated rings. The molecule has 0 amide bonds. The number of nitrogens with zero attached hydrogens (tertiary/aromatic N) is 2. The van der Waals surface area contributed by atoms with Crippen LogP contribution < -0.4 is 0 Å². The van der Waals surface area contributed by atoms with Crippen LogP contribution in [0, 0.1) is 0 Å². The number of rotatable bonds is 2. The van der Waals surface area contributed by atoms with Gasteiger partial charge >= 0.3 is 0 Å². The minimum atomic E-state index is 0.389. The van der Waals surface area contributed by atoms with Crippen molar-refractivity contribution in [3.63, 3.8) is 0 Å². The molecule has 0 aliphatic carbocycles. The highest BCUT2D eigenvalue weighted by atomic mass is 16.4. The third kappa shape index (κ3) is 1.78. The maximum atomic E-state index is 5.71. The van der Waals surface area contributed by atoms with Gasteiger partial charge in [0.2, 0.25) is 5.89 Å². The molecule has 2 heterocycles. The number of para-hydroxylation sites is 1. The van der Waals surface area contributed by atoms with Crippen molar-refractivity contribution in [2.24, 2.45) is 0 Å². The van der Waals surface area contributed by atoms with E-state index in [-0.39, 0.29) is 0 Å². The second kappa shape index (κ2) is 4.35. The van der Waals surface area contributed by atoms with Gasteiger partial charge in [0.05, 0.1) is 0 Å². The zero-order valence-electron chi connectivity index (χ0n) is 10.5. The quantitative estimate of drug-likeness (QED) is 0.544. The van der Waals surface area contributed by atoms with Crippen LogP contribution in [-0.4, -0.2) is 10.2 Å². The molecule has 0 unspecified atom stereocenters. The van der Waals surface area contributed by atoms with Crippen molar-refractivity contribution in [3.05, 3.63) is 60.7 Å². The topological polar surface area (TPSA) is 52.1 Å². The maximum Gasteiger partial charge on any atom is 0.283 e. The molecule has 0 aliphatic heterocycles. The Morgan fingerprint density at radius 3 is 2.30 bits per heavy atom. The average Bonchev–Trinajstić information content (AvgIpc) is 3.14. The highest BCUT2D eigenvalue weighted by molar-refractivity contribution is 5.81. The van der Waals surface area contributed by atoms with E-state index in [0.717, 1.165) is 16.5 Å². The Kier molecular flexibility index (Phi) is 2.39. The third-order valence-corrected chi connectivity index (χ3v) is 3.08. The van der Waals surface area contributed by atoms with Gasteiger partial charge in [-0.15, -0.1) is 10.2 Å². The molecule has 0 spiro atoms. The summed E-state index contributed by atoms with van der Waals surface area (Å²) in [7, 11) is 0. The second-order valence-corrected chi connectivity index (χ2v) is 4.43. The van der Waals surface area contributed by atoms with Crippen LogP contribution in [0.5, 0.6) is 0 Å². The Bertz CT molecular complexity index is 829. The van der Waals surface area contributed by atoms with E-state index in [1.54, 1.807) is 0 Å². The lowest BCUT2D eigenvalue weighted by atomic mass is 10.2. The molecule has 2 aromatic heterocycles. The summed E-state index contributed by atoms with van der Waals surface area (Å²) < 4.78 is 11.4. The first-order valence-electron chi connectivity index (χ1n) is 6.28. The predicted octanol–water partition coefficient (Wildman–Crippen LogP) is 4.15. The molecule has 0 bridgehead atoms. The van der Waals surface area contributed by atoms with Crippen molar-refractivity contribution in [1.82, 2.24) is 10.2 Å². The summed E-state index contributed by atoms with van der Waals surface area (Å²) in [6.07, 6.45) is 0. The van der Waals surface area contributed by atoms with E-state index in [9.17, 15) is 0 Å². The molecule has 4 heteroatoms. The summed E-state index contributed by atoms with van der Waals surface area (Å²) >= 11 is 0. The Labute approximate surface area is 114 Å². The molecule has 0 radical (unpaired) electrons. The van der Waals surface area contributed by atoms with Crippen LogP contribution in [0.15, 0.2) is 69.5 Å². The smallest absolute Gasteiger partial charge is 0.283 e. The van der Waals surface area contributed by atoms with Crippen molar-refractivity contribution in [2.45, 2.75) is 0 Å². The van der Waals surface area contributed by atoms with Gasteiger partial charge in [-0.05, 0) is 24.3 Å². The molecule has 4 nitrogen and oxygen atoms in total. The van der Waals surface area contributed by atoms with Crippen LogP contribution in [0.3, 0.4) is 0 Å². The average molecular weight is 262 g/mol. The van der Waals surface area contributed by atoms with E-state index in [0.29, 0.717) is 17.5 Å². The highest BCUT2D eigenvalue weighted by Crippen LogP contribution is 2.28. The van der Waals surface area contributed by atoms with E-state index in [4.69, 9.17) is 8.83 Å². The zero-order chi connectivity index (χ0) is 13.4. The first-order chi connectivity index (χ1) is 9.90. The van der Waals surface area contributed by atoms with E-state index >= 15 is 0 Å². The normalized spacial score (nSPS) is 11.0. The summed E-state index contributed by atoms with van der Waals surface area (Å²) in [5.41, 5.74) is 1.70. The molecule has 0 saturated carbocycles. The van der Waals surface area contributed by atoms with Crippen molar-refractivity contribution < 1.29 is 8.83 Å². The molecule has 0 aliphatic rings. The zero-order valence-corrected chi connectivity index (χ0v) is 10.5. The van der Waals surface area contributed by atoms with Gasteiger partial charge in [0.1, 0.15) is 5.58 Å².